The molecule has 2 amide bonds. The fraction of sp³-hybridized carbons (Fsp3) is 0.333. The number of rotatable bonds is 11. The van der Waals surface area contributed by atoms with Crippen LogP contribution in [0.4, 0.5) is 4.39 Å². The van der Waals surface area contributed by atoms with Gasteiger partial charge in [-0.25, -0.2) is 4.39 Å². The molecule has 200 valence electrons. The zero-order valence-corrected chi connectivity index (χ0v) is 23.4. The number of hydrogen-bond donors (Lipinski definition) is 1. The summed E-state index contributed by atoms with van der Waals surface area (Å²) in [5.74, 6) is -0.180. The summed E-state index contributed by atoms with van der Waals surface area (Å²) in [6, 6.07) is 20.9. The minimum absolute atomic E-state index is 0.109. The van der Waals surface area contributed by atoms with Gasteiger partial charge in [0.05, 0.1) is 15.8 Å². The van der Waals surface area contributed by atoms with Crippen molar-refractivity contribution in [3.63, 3.8) is 0 Å². The highest BCUT2D eigenvalue weighted by Crippen LogP contribution is 2.26. The van der Waals surface area contributed by atoms with E-state index < -0.39 is 6.04 Å². The maximum Gasteiger partial charge on any atom is 0.243 e. The van der Waals surface area contributed by atoms with Crippen LogP contribution in [0, 0.1) is 5.82 Å². The van der Waals surface area contributed by atoms with Gasteiger partial charge in [0.1, 0.15) is 11.9 Å². The Kier molecular flexibility index (Phi) is 10.5. The lowest BCUT2D eigenvalue weighted by molar-refractivity contribution is -0.139. The molecule has 1 fully saturated rings. The van der Waals surface area contributed by atoms with E-state index in [0.717, 1.165) is 36.8 Å². The van der Waals surface area contributed by atoms with Crippen molar-refractivity contribution in [2.45, 2.75) is 56.5 Å². The normalized spacial score (nSPS) is 14.3. The Morgan fingerprint density at radius 3 is 2.37 bits per heavy atom. The van der Waals surface area contributed by atoms with E-state index in [4.69, 9.17) is 23.2 Å². The Morgan fingerprint density at radius 2 is 1.66 bits per heavy atom. The molecule has 1 N–H and O–H groups in total. The smallest absolute Gasteiger partial charge is 0.243 e. The van der Waals surface area contributed by atoms with Crippen LogP contribution in [-0.4, -0.2) is 34.6 Å². The van der Waals surface area contributed by atoms with Crippen LogP contribution in [-0.2, 0) is 28.3 Å². The Labute approximate surface area is 237 Å². The number of carbonyl (C=O) groups excluding carboxylic acids is 2. The highest BCUT2D eigenvalue weighted by molar-refractivity contribution is 7.99. The first-order valence-electron chi connectivity index (χ1n) is 12.8. The van der Waals surface area contributed by atoms with Crippen LogP contribution in [0.5, 0.6) is 0 Å². The van der Waals surface area contributed by atoms with Crippen molar-refractivity contribution in [2.24, 2.45) is 0 Å². The third-order valence-corrected chi connectivity index (χ3v) is 8.46. The summed E-state index contributed by atoms with van der Waals surface area (Å²) in [6.07, 6.45) is 4.45. The summed E-state index contributed by atoms with van der Waals surface area (Å²) in [4.78, 5) is 29.0. The number of amides is 2. The second-order valence-electron chi connectivity index (χ2n) is 9.55. The lowest BCUT2D eigenvalue weighted by Crippen LogP contribution is -2.52. The maximum atomic E-state index is 14.1. The van der Waals surface area contributed by atoms with Gasteiger partial charge in [-0.3, -0.25) is 9.59 Å². The molecule has 8 heteroatoms. The fourth-order valence-electron chi connectivity index (χ4n) is 4.70. The molecule has 0 radical (unpaired) electrons. The number of benzene rings is 3. The van der Waals surface area contributed by atoms with Crippen LogP contribution in [0.3, 0.4) is 0 Å². The SMILES string of the molecule is O=C(NC1CCCC1)C(Cc1ccccc1)N(Cc1ccc(Cl)c(Cl)c1)C(=O)CSCc1ccccc1F. The van der Waals surface area contributed by atoms with Crippen LogP contribution in [0.1, 0.15) is 42.4 Å². The monoisotopic (exact) mass is 572 g/mol. The molecule has 1 atom stereocenters. The molecule has 0 saturated heterocycles. The minimum Gasteiger partial charge on any atom is -0.352 e. The molecule has 3 aromatic carbocycles. The number of nitrogens with one attached hydrogen (secondary N) is 1. The molecule has 4 nitrogen and oxygen atoms in total. The summed E-state index contributed by atoms with van der Waals surface area (Å²) in [5.41, 5.74) is 2.28. The summed E-state index contributed by atoms with van der Waals surface area (Å²) >= 11 is 13.7. The molecule has 1 saturated carbocycles. The van der Waals surface area contributed by atoms with E-state index in [0.29, 0.717) is 27.8 Å². The van der Waals surface area contributed by atoms with Crippen LogP contribution in [0.25, 0.3) is 0 Å². The molecule has 38 heavy (non-hydrogen) atoms. The molecule has 0 heterocycles. The second kappa shape index (κ2) is 14.0. The van der Waals surface area contributed by atoms with Crippen LogP contribution in [0.2, 0.25) is 10.0 Å². The van der Waals surface area contributed by atoms with Crippen LogP contribution < -0.4 is 5.32 Å². The van der Waals surface area contributed by atoms with Gasteiger partial charge < -0.3 is 10.2 Å². The van der Waals surface area contributed by atoms with Gasteiger partial charge in [0.2, 0.25) is 11.8 Å². The van der Waals surface area contributed by atoms with E-state index in [1.165, 1.54) is 17.8 Å². The van der Waals surface area contributed by atoms with Crippen molar-refractivity contribution in [3.8, 4) is 0 Å². The van der Waals surface area contributed by atoms with Gasteiger partial charge in [-0.15, -0.1) is 11.8 Å². The van der Waals surface area contributed by atoms with Gasteiger partial charge in [-0.2, -0.15) is 0 Å². The lowest BCUT2D eigenvalue weighted by atomic mass is 10.0. The molecule has 4 rings (SSSR count). The first-order chi connectivity index (χ1) is 18.4. The van der Waals surface area contributed by atoms with Gasteiger partial charge in [0, 0.05) is 24.8 Å². The zero-order valence-electron chi connectivity index (χ0n) is 21.0. The van der Waals surface area contributed by atoms with Crippen molar-refractivity contribution >= 4 is 46.8 Å². The van der Waals surface area contributed by atoms with E-state index in [1.807, 2.05) is 36.4 Å². The first kappa shape index (κ1) is 28.5. The van der Waals surface area contributed by atoms with E-state index >= 15 is 0 Å². The standard InChI is InChI=1S/C30H31Cl2FN2O2S/c31-25-15-14-22(16-26(25)32)18-35(29(36)20-38-19-23-10-4-7-13-27(23)33)28(17-21-8-2-1-3-9-21)30(37)34-24-11-5-6-12-24/h1-4,7-10,13-16,24,28H,5-6,11-12,17-20H2,(H,34,37). The Balaban J connectivity index is 1.59. The van der Waals surface area contributed by atoms with Gasteiger partial charge in [0.15, 0.2) is 0 Å². The van der Waals surface area contributed by atoms with Crippen LogP contribution in [0.15, 0.2) is 72.8 Å². The van der Waals surface area contributed by atoms with Crippen molar-refractivity contribution < 1.29 is 14.0 Å². The van der Waals surface area contributed by atoms with E-state index in [-0.39, 0.29) is 36.0 Å². The summed E-state index contributed by atoms with van der Waals surface area (Å²) in [6.45, 7) is 0.200. The molecule has 0 bridgehead atoms. The highest BCUT2D eigenvalue weighted by Gasteiger charge is 2.32. The molecule has 0 aliphatic heterocycles. The largest absolute Gasteiger partial charge is 0.352 e. The molecule has 0 aromatic heterocycles. The molecule has 3 aromatic rings. The minimum atomic E-state index is -0.714. The van der Waals surface area contributed by atoms with Gasteiger partial charge >= 0.3 is 0 Å². The second-order valence-corrected chi connectivity index (χ2v) is 11.3. The number of carbonyl (C=O) groups is 2. The van der Waals surface area contributed by atoms with Crippen LogP contribution >= 0.6 is 35.0 Å². The Hall–Kier alpha value is -2.54. The van der Waals surface area contributed by atoms with Crippen molar-refractivity contribution in [1.82, 2.24) is 10.2 Å². The third kappa shape index (κ3) is 7.98. The first-order valence-corrected chi connectivity index (χ1v) is 14.7. The summed E-state index contributed by atoms with van der Waals surface area (Å²) < 4.78 is 14.1. The number of hydrogen-bond acceptors (Lipinski definition) is 3. The molecule has 1 aliphatic carbocycles. The molecular formula is C30H31Cl2FN2O2S. The summed E-state index contributed by atoms with van der Waals surface area (Å²) in [5, 5.41) is 4.01. The quantitative estimate of drug-likeness (QED) is 0.267. The molecule has 1 aliphatic rings. The molecular weight excluding hydrogens is 542 g/mol. The van der Waals surface area contributed by atoms with E-state index in [2.05, 4.69) is 5.32 Å². The highest BCUT2D eigenvalue weighted by atomic mass is 35.5. The average molecular weight is 574 g/mol. The number of thioether (sulfide) groups is 1. The average Bonchev–Trinajstić information content (AvgIpc) is 3.43. The third-order valence-electron chi connectivity index (χ3n) is 6.75. The van der Waals surface area contributed by atoms with Gasteiger partial charge in [-0.05, 0) is 47.7 Å². The Morgan fingerprint density at radius 1 is 0.947 bits per heavy atom. The topological polar surface area (TPSA) is 49.4 Å². The molecule has 1 unspecified atom stereocenters. The van der Waals surface area contributed by atoms with Crippen molar-refractivity contribution in [2.75, 3.05) is 5.75 Å². The number of halogens is 3. The lowest BCUT2D eigenvalue weighted by Gasteiger charge is -2.32. The van der Waals surface area contributed by atoms with E-state index in [1.54, 1.807) is 35.2 Å². The number of nitrogens with zero attached hydrogens (tertiary/aromatic N) is 1. The summed E-state index contributed by atoms with van der Waals surface area (Å²) in [7, 11) is 0. The van der Waals surface area contributed by atoms with Crippen molar-refractivity contribution in [1.29, 1.82) is 0 Å². The van der Waals surface area contributed by atoms with E-state index in [9.17, 15) is 14.0 Å². The van der Waals surface area contributed by atoms with Gasteiger partial charge in [0.25, 0.3) is 0 Å². The van der Waals surface area contributed by atoms with Gasteiger partial charge in [-0.1, -0.05) is 90.6 Å². The fourth-order valence-corrected chi connectivity index (χ4v) is 5.92. The molecule has 0 spiro atoms. The maximum absolute atomic E-state index is 14.1. The van der Waals surface area contributed by atoms with Crippen molar-refractivity contribution in [3.05, 3.63) is 105 Å². The predicted molar refractivity (Wildman–Crippen MR) is 154 cm³/mol. The zero-order chi connectivity index (χ0) is 26.9. The Bertz CT molecular complexity index is 1240. The predicted octanol–water partition coefficient (Wildman–Crippen LogP) is 7.06.